The molecule has 0 aliphatic carbocycles. The molecule has 1 N–H and O–H groups in total. The van der Waals surface area contributed by atoms with Crippen molar-refractivity contribution in [1.82, 2.24) is 9.66 Å². The highest BCUT2D eigenvalue weighted by molar-refractivity contribution is 6.31. The van der Waals surface area contributed by atoms with Crippen molar-refractivity contribution in [1.29, 1.82) is 0 Å². The summed E-state index contributed by atoms with van der Waals surface area (Å²) in [6.45, 7) is 2.06. The Morgan fingerprint density at radius 2 is 1.95 bits per heavy atom. The maximum atomic E-state index is 12.8. The first kappa shape index (κ1) is 14.6. The topological polar surface area (TPSA) is 46.9 Å². The van der Waals surface area contributed by atoms with Gasteiger partial charge in [0.1, 0.15) is 5.82 Å². The predicted molar refractivity (Wildman–Crippen MR) is 90.5 cm³/mol. The summed E-state index contributed by atoms with van der Waals surface area (Å²) in [5.74, 6) is 0.700. The van der Waals surface area contributed by atoms with Gasteiger partial charge in [0.2, 0.25) is 0 Å². The monoisotopic (exact) mass is 313 g/mol. The van der Waals surface area contributed by atoms with Crippen LogP contribution >= 0.6 is 11.6 Å². The molecule has 3 rings (SSSR count). The number of nitrogens with zero attached hydrogens (tertiary/aromatic N) is 2. The summed E-state index contributed by atoms with van der Waals surface area (Å²) >= 11 is 6.01. The van der Waals surface area contributed by atoms with Gasteiger partial charge in [0.05, 0.1) is 16.6 Å². The Hall–Kier alpha value is -2.33. The zero-order valence-corrected chi connectivity index (χ0v) is 13.0. The molecule has 0 spiro atoms. The van der Waals surface area contributed by atoms with Gasteiger partial charge in [-0.15, -0.1) is 0 Å². The second-order valence-corrected chi connectivity index (χ2v) is 5.49. The average Bonchev–Trinajstić information content (AvgIpc) is 2.52. The highest BCUT2D eigenvalue weighted by atomic mass is 35.5. The van der Waals surface area contributed by atoms with Crippen molar-refractivity contribution in [3.8, 4) is 0 Å². The zero-order chi connectivity index (χ0) is 15.5. The number of halogens is 1. The largest absolute Gasteiger partial charge is 0.290 e. The van der Waals surface area contributed by atoms with E-state index in [0.717, 1.165) is 12.1 Å². The normalized spacial score (nSPS) is 10.8. The van der Waals surface area contributed by atoms with Crippen LogP contribution in [-0.2, 0) is 6.42 Å². The molecule has 1 aromatic heterocycles. The van der Waals surface area contributed by atoms with Crippen molar-refractivity contribution in [2.45, 2.75) is 19.8 Å². The van der Waals surface area contributed by atoms with E-state index in [2.05, 4.69) is 17.3 Å². The van der Waals surface area contributed by atoms with Gasteiger partial charge in [0, 0.05) is 11.4 Å². The average molecular weight is 314 g/mol. The van der Waals surface area contributed by atoms with E-state index in [9.17, 15) is 4.79 Å². The molecule has 22 heavy (non-hydrogen) atoms. The zero-order valence-electron chi connectivity index (χ0n) is 12.2. The van der Waals surface area contributed by atoms with Gasteiger partial charge in [-0.25, -0.2) is 9.66 Å². The first-order chi connectivity index (χ1) is 10.7. The standard InChI is InChI=1S/C17H16ClN3O/c1-2-6-16-19-15-11-12(18)9-10-14(15)17(22)21(16)20-13-7-4-3-5-8-13/h3-5,7-11,20H,2,6H2,1H3. The van der Waals surface area contributed by atoms with Crippen LogP contribution in [0.5, 0.6) is 0 Å². The number of benzene rings is 2. The summed E-state index contributed by atoms with van der Waals surface area (Å²) in [7, 11) is 0. The highest BCUT2D eigenvalue weighted by Gasteiger charge is 2.11. The maximum absolute atomic E-state index is 12.8. The second kappa shape index (κ2) is 6.20. The molecule has 2 aromatic carbocycles. The fourth-order valence-corrected chi connectivity index (χ4v) is 2.52. The number of hydrogen-bond acceptors (Lipinski definition) is 3. The molecular weight excluding hydrogens is 298 g/mol. The number of para-hydroxylation sites is 1. The van der Waals surface area contributed by atoms with E-state index >= 15 is 0 Å². The molecule has 0 radical (unpaired) electrons. The molecule has 0 fully saturated rings. The third kappa shape index (κ3) is 2.83. The van der Waals surface area contributed by atoms with Crippen LogP contribution in [0.1, 0.15) is 19.2 Å². The number of aryl methyl sites for hydroxylation is 1. The summed E-state index contributed by atoms with van der Waals surface area (Å²) in [5.41, 5.74) is 4.50. The lowest BCUT2D eigenvalue weighted by Gasteiger charge is -2.15. The smallest absolute Gasteiger partial charge is 0.280 e. The van der Waals surface area contributed by atoms with Crippen LogP contribution in [0.2, 0.25) is 5.02 Å². The first-order valence-electron chi connectivity index (χ1n) is 7.22. The van der Waals surface area contributed by atoms with Crippen LogP contribution in [0, 0.1) is 0 Å². The molecule has 0 aliphatic rings. The maximum Gasteiger partial charge on any atom is 0.280 e. The first-order valence-corrected chi connectivity index (χ1v) is 7.60. The molecule has 0 atom stereocenters. The molecule has 0 aliphatic heterocycles. The van der Waals surface area contributed by atoms with Crippen LogP contribution in [0.4, 0.5) is 5.69 Å². The lowest BCUT2D eigenvalue weighted by atomic mass is 10.2. The van der Waals surface area contributed by atoms with E-state index < -0.39 is 0 Å². The SMILES string of the molecule is CCCc1nc2cc(Cl)ccc2c(=O)n1Nc1ccccc1. The molecule has 1 heterocycles. The quantitative estimate of drug-likeness (QED) is 0.795. The summed E-state index contributed by atoms with van der Waals surface area (Å²) in [5, 5.41) is 1.13. The minimum Gasteiger partial charge on any atom is -0.290 e. The number of anilines is 1. The Labute approximate surface area is 133 Å². The van der Waals surface area contributed by atoms with Gasteiger partial charge in [-0.2, -0.15) is 0 Å². The van der Waals surface area contributed by atoms with Crippen molar-refractivity contribution in [3.05, 3.63) is 69.7 Å². The molecular formula is C17H16ClN3O. The Morgan fingerprint density at radius 1 is 1.18 bits per heavy atom. The Morgan fingerprint density at radius 3 is 2.68 bits per heavy atom. The van der Waals surface area contributed by atoms with E-state index in [1.807, 2.05) is 30.3 Å². The fourth-order valence-electron chi connectivity index (χ4n) is 2.35. The highest BCUT2D eigenvalue weighted by Crippen LogP contribution is 2.16. The number of nitrogens with one attached hydrogen (secondary N) is 1. The molecule has 112 valence electrons. The van der Waals surface area contributed by atoms with Gasteiger partial charge >= 0.3 is 0 Å². The molecule has 0 amide bonds. The molecule has 0 saturated heterocycles. The molecule has 3 aromatic rings. The summed E-state index contributed by atoms with van der Waals surface area (Å²) < 4.78 is 1.52. The fraction of sp³-hybridized carbons (Fsp3) is 0.176. The van der Waals surface area contributed by atoms with Crippen molar-refractivity contribution in [2.75, 3.05) is 5.43 Å². The van der Waals surface area contributed by atoms with Gasteiger partial charge < -0.3 is 0 Å². The summed E-state index contributed by atoms with van der Waals surface area (Å²) in [6.07, 6.45) is 1.60. The predicted octanol–water partition coefficient (Wildman–Crippen LogP) is 3.88. The van der Waals surface area contributed by atoms with Gasteiger partial charge in [0.15, 0.2) is 0 Å². The minimum absolute atomic E-state index is 0.117. The number of aromatic nitrogens is 2. The molecule has 0 unspecified atom stereocenters. The Bertz CT molecular complexity index is 859. The number of fused-ring (bicyclic) bond motifs is 1. The van der Waals surface area contributed by atoms with E-state index in [4.69, 9.17) is 11.6 Å². The molecule has 5 heteroatoms. The lowest BCUT2D eigenvalue weighted by molar-refractivity contribution is 0.738. The summed E-state index contributed by atoms with van der Waals surface area (Å²) in [4.78, 5) is 17.4. The van der Waals surface area contributed by atoms with Crippen molar-refractivity contribution in [3.63, 3.8) is 0 Å². The molecule has 4 nitrogen and oxygen atoms in total. The minimum atomic E-state index is -0.117. The van der Waals surface area contributed by atoms with Crippen molar-refractivity contribution < 1.29 is 0 Å². The van der Waals surface area contributed by atoms with E-state index in [-0.39, 0.29) is 5.56 Å². The van der Waals surface area contributed by atoms with Crippen LogP contribution in [0.25, 0.3) is 10.9 Å². The van der Waals surface area contributed by atoms with Crippen LogP contribution in [-0.4, -0.2) is 9.66 Å². The van der Waals surface area contributed by atoms with E-state index in [1.165, 1.54) is 4.68 Å². The second-order valence-electron chi connectivity index (χ2n) is 5.06. The third-order valence-corrected chi connectivity index (χ3v) is 3.62. The number of rotatable bonds is 4. The van der Waals surface area contributed by atoms with Gasteiger partial charge in [-0.05, 0) is 36.8 Å². The summed E-state index contributed by atoms with van der Waals surface area (Å²) in [6, 6.07) is 14.7. The van der Waals surface area contributed by atoms with E-state index in [0.29, 0.717) is 28.2 Å². The van der Waals surface area contributed by atoms with E-state index in [1.54, 1.807) is 18.2 Å². The lowest BCUT2D eigenvalue weighted by Crippen LogP contribution is -2.30. The van der Waals surface area contributed by atoms with Crippen molar-refractivity contribution >= 4 is 28.2 Å². The van der Waals surface area contributed by atoms with Gasteiger partial charge in [-0.3, -0.25) is 10.2 Å². The van der Waals surface area contributed by atoms with Crippen LogP contribution in [0.15, 0.2) is 53.3 Å². The van der Waals surface area contributed by atoms with Crippen LogP contribution in [0.3, 0.4) is 0 Å². The Balaban J connectivity index is 2.18. The number of hydrogen-bond donors (Lipinski definition) is 1. The molecule has 0 saturated carbocycles. The van der Waals surface area contributed by atoms with Gasteiger partial charge in [-0.1, -0.05) is 36.7 Å². The molecule has 0 bridgehead atoms. The van der Waals surface area contributed by atoms with Crippen molar-refractivity contribution in [2.24, 2.45) is 0 Å². The van der Waals surface area contributed by atoms with Gasteiger partial charge in [0.25, 0.3) is 5.56 Å². The Kier molecular flexibility index (Phi) is 4.11. The van der Waals surface area contributed by atoms with Crippen LogP contribution < -0.4 is 11.0 Å². The third-order valence-electron chi connectivity index (χ3n) is 3.39.